The fraction of sp³-hybridized carbons (Fsp3) is 0.889. The average Bonchev–Trinajstić information content (AvgIpc) is 2.43. The molecule has 0 aromatic rings. The summed E-state index contributed by atoms with van der Waals surface area (Å²) in [6.07, 6.45) is 4.93. The van der Waals surface area contributed by atoms with E-state index in [1.54, 1.807) is 6.92 Å². The van der Waals surface area contributed by atoms with E-state index in [-0.39, 0.29) is 5.91 Å². The summed E-state index contributed by atoms with van der Waals surface area (Å²) >= 11 is 0. The first-order valence-electron chi connectivity index (χ1n) is 4.56. The van der Waals surface area contributed by atoms with Crippen molar-refractivity contribution in [3.63, 3.8) is 0 Å². The Morgan fingerprint density at radius 3 is 2.09 bits per heavy atom. The molecule has 0 atom stereocenters. The van der Waals surface area contributed by atoms with Gasteiger partial charge < -0.3 is 5.32 Å². The summed E-state index contributed by atoms with van der Waals surface area (Å²) in [5, 5.41) is 2.90. The van der Waals surface area contributed by atoms with Gasteiger partial charge in [-0.1, -0.05) is 26.7 Å². The van der Waals surface area contributed by atoms with Crippen LogP contribution in [-0.4, -0.2) is 11.9 Å². The minimum absolute atomic E-state index is 0.113. The molecule has 1 rings (SSSR count). The van der Waals surface area contributed by atoms with E-state index in [9.17, 15) is 4.79 Å². The maximum absolute atomic E-state index is 10.5. The van der Waals surface area contributed by atoms with Crippen LogP contribution in [0.1, 0.15) is 46.5 Å². The third-order valence-electron chi connectivity index (χ3n) is 1.76. The third-order valence-corrected chi connectivity index (χ3v) is 1.76. The van der Waals surface area contributed by atoms with Crippen LogP contribution in [0.3, 0.4) is 0 Å². The van der Waals surface area contributed by atoms with Gasteiger partial charge in [-0.05, 0) is 12.8 Å². The van der Waals surface area contributed by atoms with E-state index in [4.69, 9.17) is 0 Å². The molecule has 0 spiro atoms. The molecule has 0 aliphatic heterocycles. The second kappa shape index (κ2) is 6.20. The molecular weight excluding hydrogens is 138 g/mol. The molecule has 1 amide bonds. The molecule has 2 heteroatoms. The number of hydrogen-bond donors (Lipinski definition) is 1. The van der Waals surface area contributed by atoms with Crippen molar-refractivity contribution in [1.29, 1.82) is 0 Å². The Morgan fingerprint density at radius 2 is 1.73 bits per heavy atom. The van der Waals surface area contributed by atoms with E-state index in [0.29, 0.717) is 6.04 Å². The van der Waals surface area contributed by atoms with E-state index in [2.05, 4.69) is 5.32 Å². The minimum Gasteiger partial charge on any atom is -0.354 e. The van der Waals surface area contributed by atoms with Crippen LogP contribution in [0.2, 0.25) is 0 Å². The Balaban J connectivity index is 0.000000461. The predicted octanol–water partition coefficient (Wildman–Crippen LogP) is 2.09. The molecule has 11 heavy (non-hydrogen) atoms. The van der Waals surface area contributed by atoms with Gasteiger partial charge in [0.15, 0.2) is 0 Å². The summed E-state index contributed by atoms with van der Waals surface area (Å²) in [7, 11) is 0. The zero-order valence-corrected chi connectivity index (χ0v) is 7.81. The van der Waals surface area contributed by atoms with Crippen molar-refractivity contribution in [2.45, 2.75) is 52.5 Å². The van der Waals surface area contributed by atoms with Crippen molar-refractivity contribution in [1.82, 2.24) is 5.32 Å². The van der Waals surface area contributed by atoms with Crippen LogP contribution in [0.4, 0.5) is 0 Å². The summed E-state index contributed by atoms with van der Waals surface area (Å²) in [5.74, 6) is 0.113. The van der Waals surface area contributed by atoms with Crippen LogP contribution < -0.4 is 5.32 Å². The molecule has 0 unspecified atom stereocenters. The van der Waals surface area contributed by atoms with E-state index in [1.165, 1.54) is 25.7 Å². The molecular formula is C9H19NO. The van der Waals surface area contributed by atoms with Crippen molar-refractivity contribution in [3.8, 4) is 0 Å². The minimum atomic E-state index is 0.113. The SMILES string of the molecule is CC.CC(=O)NC1CCCC1. The molecule has 0 saturated heterocycles. The number of nitrogens with one attached hydrogen (secondary N) is 1. The monoisotopic (exact) mass is 157 g/mol. The topological polar surface area (TPSA) is 29.1 Å². The second-order valence-corrected chi connectivity index (χ2v) is 2.68. The average molecular weight is 157 g/mol. The summed E-state index contributed by atoms with van der Waals surface area (Å²) in [4.78, 5) is 10.5. The zero-order chi connectivity index (χ0) is 8.69. The molecule has 0 heterocycles. The number of amides is 1. The van der Waals surface area contributed by atoms with Gasteiger partial charge in [0, 0.05) is 13.0 Å². The maximum atomic E-state index is 10.5. The normalized spacial score (nSPS) is 17.0. The quantitative estimate of drug-likeness (QED) is 0.620. The van der Waals surface area contributed by atoms with E-state index >= 15 is 0 Å². The molecule has 0 aromatic carbocycles. The van der Waals surface area contributed by atoms with Crippen molar-refractivity contribution < 1.29 is 4.79 Å². The lowest BCUT2D eigenvalue weighted by Crippen LogP contribution is -2.30. The summed E-state index contributed by atoms with van der Waals surface area (Å²) in [5.41, 5.74) is 0. The second-order valence-electron chi connectivity index (χ2n) is 2.68. The first-order chi connectivity index (χ1) is 5.29. The Hall–Kier alpha value is -0.530. The molecule has 1 aliphatic rings. The lowest BCUT2D eigenvalue weighted by atomic mass is 10.2. The first-order valence-corrected chi connectivity index (χ1v) is 4.56. The van der Waals surface area contributed by atoms with E-state index in [0.717, 1.165) is 0 Å². The number of carbonyl (C=O) groups is 1. The largest absolute Gasteiger partial charge is 0.354 e. The number of carbonyl (C=O) groups excluding carboxylic acids is 1. The third kappa shape index (κ3) is 4.82. The van der Waals surface area contributed by atoms with Gasteiger partial charge in [0.2, 0.25) is 5.91 Å². The predicted molar refractivity (Wildman–Crippen MR) is 47.4 cm³/mol. The lowest BCUT2D eigenvalue weighted by Gasteiger charge is -2.07. The summed E-state index contributed by atoms with van der Waals surface area (Å²) < 4.78 is 0. The smallest absolute Gasteiger partial charge is 0.217 e. The maximum Gasteiger partial charge on any atom is 0.217 e. The summed E-state index contributed by atoms with van der Waals surface area (Å²) in [6, 6.07) is 0.488. The molecule has 0 aromatic heterocycles. The van der Waals surface area contributed by atoms with Gasteiger partial charge in [0.05, 0.1) is 0 Å². The molecule has 1 N–H and O–H groups in total. The number of hydrogen-bond acceptors (Lipinski definition) is 1. The highest BCUT2D eigenvalue weighted by atomic mass is 16.1. The van der Waals surface area contributed by atoms with Crippen LogP contribution in [0.25, 0.3) is 0 Å². The molecule has 1 aliphatic carbocycles. The van der Waals surface area contributed by atoms with E-state index < -0.39 is 0 Å². The fourth-order valence-electron chi connectivity index (χ4n) is 1.36. The van der Waals surface area contributed by atoms with Gasteiger partial charge in [-0.3, -0.25) is 4.79 Å². The lowest BCUT2D eigenvalue weighted by molar-refractivity contribution is -0.119. The van der Waals surface area contributed by atoms with Gasteiger partial charge in [-0.15, -0.1) is 0 Å². The van der Waals surface area contributed by atoms with Crippen molar-refractivity contribution in [2.24, 2.45) is 0 Å². The van der Waals surface area contributed by atoms with Crippen molar-refractivity contribution in [2.75, 3.05) is 0 Å². The Bertz CT molecular complexity index is 106. The van der Waals surface area contributed by atoms with E-state index in [1.807, 2.05) is 13.8 Å². The highest BCUT2D eigenvalue weighted by molar-refractivity contribution is 5.73. The van der Waals surface area contributed by atoms with Crippen molar-refractivity contribution in [3.05, 3.63) is 0 Å². The fourth-order valence-corrected chi connectivity index (χ4v) is 1.36. The zero-order valence-electron chi connectivity index (χ0n) is 7.81. The van der Waals surface area contributed by atoms with Gasteiger partial charge in [-0.2, -0.15) is 0 Å². The highest BCUT2D eigenvalue weighted by Gasteiger charge is 2.14. The van der Waals surface area contributed by atoms with Gasteiger partial charge in [-0.25, -0.2) is 0 Å². The molecule has 0 radical (unpaired) electrons. The van der Waals surface area contributed by atoms with Crippen LogP contribution in [0.5, 0.6) is 0 Å². The van der Waals surface area contributed by atoms with Gasteiger partial charge >= 0.3 is 0 Å². The van der Waals surface area contributed by atoms with Crippen LogP contribution in [0.15, 0.2) is 0 Å². The molecule has 1 fully saturated rings. The van der Waals surface area contributed by atoms with Crippen LogP contribution in [-0.2, 0) is 4.79 Å². The first kappa shape index (κ1) is 10.5. The summed E-state index contributed by atoms with van der Waals surface area (Å²) in [6.45, 7) is 5.58. The highest BCUT2D eigenvalue weighted by Crippen LogP contribution is 2.17. The standard InChI is InChI=1S/C7H13NO.C2H6/c1-6(9)8-7-4-2-3-5-7;1-2/h7H,2-5H2,1H3,(H,8,9);1-2H3. The molecule has 66 valence electrons. The Morgan fingerprint density at radius 1 is 1.27 bits per heavy atom. The Kier molecular flexibility index (Phi) is 5.90. The van der Waals surface area contributed by atoms with Gasteiger partial charge in [0.25, 0.3) is 0 Å². The van der Waals surface area contributed by atoms with Crippen LogP contribution in [0, 0.1) is 0 Å². The molecule has 0 bridgehead atoms. The molecule has 1 saturated carbocycles. The Labute approximate surface area is 69.4 Å². The number of rotatable bonds is 1. The van der Waals surface area contributed by atoms with Crippen LogP contribution >= 0.6 is 0 Å². The van der Waals surface area contributed by atoms with Gasteiger partial charge in [0.1, 0.15) is 0 Å². The van der Waals surface area contributed by atoms with Crippen molar-refractivity contribution >= 4 is 5.91 Å². The molecule has 2 nitrogen and oxygen atoms in total.